The summed E-state index contributed by atoms with van der Waals surface area (Å²) in [5.41, 5.74) is 1.37. The predicted molar refractivity (Wildman–Crippen MR) is 104 cm³/mol. The van der Waals surface area contributed by atoms with Crippen LogP contribution in [0.25, 0.3) is 11.0 Å². The van der Waals surface area contributed by atoms with Crippen molar-refractivity contribution in [3.05, 3.63) is 82.1 Å². The van der Waals surface area contributed by atoms with E-state index in [1.807, 2.05) is 31.2 Å². The Labute approximate surface area is 165 Å². The average Bonchev–Trinajstić information content (AvgIpc) is 3.16. The molecule has 8 heteroatoms. The van der Waals surface area contributed by atoms with Crippen molar-refractivity contribution in [3.63, 3.8) is 0 Å². The summed E-state index contributed by atoms with van der Waals surface area (Å²) in [4.78, 5) is 25.3. The van der Waals surface area contributed by atoms with E-state index in [0.29, 0.717) is 35.6 Å². The first-order valence-corrected chi connectivity index (χ1v) is 9.44. The molecule has 1 aliphatic carbocycles. The lowest BCUT2D eigenvalue weighted by Crippen LogP contribution is -2.40. The Hall–Kier alpha value is -3.39. The van der Waals surface area contributed by atoms with Crippen LogP contribution in [-0.4, -0.2) is 29.8 Å². The topological polar surface area (TPSA) is 107 Å². The molecule has 1 saturated carbocycles. The molecule has 3 aromatic heterocycles. The molecule has 5 rings (SSSR count). The number of benzene rings is 1. The van der Waals surface area contributed by atoms with E-state index < -0.39 is 5.60 Å². The number of hydrogen-bond donors (Lipinski definition) is 1. The lowest BCUT2D eigenvalue weighted by Gasteiger charge is -2.42. The maximum Gasteiger partial charge on any atom is 0.263 e. The molecule has 1 fully saturated rings. The highest BCUT2D eigenvalue weighted by molar-refractivity contribution is 5.72. The molecule has 0 aliphatic heterocycles. The molecule has 8 nitrogen and oxygen atoms in total. The average molecular weight is 389 g/mol. The summed E-state index contributed by atoms with van der Waals surface area (Å²) >= 11 is 0. The van der Waals surface area contributed by atoms with Crippen LogP contribution in [0.15, 0.2) is 58.2 Å². The molecule has 1 aromatic carbocycles. The molecule has 0 unspecified atom stereocenters. The van der Waals surface area contributed by atoms with Gasteiger partial charge in [-0.25, -0.2) is 9.97 Å². The lowest BCUT2D eigenvalue weighted by molar-refractivity contribution is -0.0573. The van der Waals surface area contributed by atoms with Gasteiger partial charge in [-0.05, 0) is 37.5 Å². The van der Waals surface area contributed by atoms with Crippen molar-refractivity contribution >= 4 is 11.0 Å². The second kappa shape index (κ2) is 6.59. The number of nitrogens with zero attached hydrogens (tertiary/aromatic N) is 5. The number of pyridine rings is 1. The van der Waals surface area contributed by atoms with Gasteiger partial charge in [-0.3, -0.25) is 9.36 Å². The Bertz CT molecular complexity index is 1260. The standard InChI is InChI=1S/C21H19N5O3/c1-13-4-2-5-15(8-13)21(28)9-14(10-21)18-24-17(29-25-18)11-26-12-23-19-16(20(26)27)6-3-7-22-19/h2-8,12,14,28H,9-11H2,1H3. The van der Waals surface area contributed by atoms with Crippen molar-refractivity contribution in [3.8, 4) is 0 Å². The van der Waals surface area contributed by atoms with Crippen LogP contribution in [0.2, 0.25) is 0 Å². The van der Waals surface area contributed by atoms with Gasteiger partial charge in [0.05, 0.1) is 11.0 Å². The summed E-state index contributed by atoms with van der Waals surface area (Å²) < 4.78 is 6.76. The maximum atomic E-state index is 12.6. The van der Waals surface area contributed by atoms with Crippen LogP contribution < -0.4 is 5.56 Å². The highest BCUT2D eigenvalue weighted by Crippen LogP contribution is 2.50. The van der Waals surface area contributed by atoms with Crippen LogP contribution in [-0.2, 0) is 12.1 Å². The van der Waals surface area contributed by atoms with E-state index in [-0.39, 0.29) is 18.0 Å². The van der Waals surface area contributed by atoms with Crippen molar-refractivity contribution in [1.29, 1.82) is 0 Å². The molecule has 0 spiro atoms. The molecule has 4 aromatic rings. The van der Waals surface area contributed by atoms with E-state index in [1.165, 1.54) is 10.9 Å². The first kappa shape index (κ1) is 17.7. The monoisotopic (exact) mass is 389 g/mol. The number of rotatable bonds is 4. The zero-order valence-electron chi connectivity index (χ0n) is 15.8. The van der Waals surface area contributed by atoms with E-state index in [4.69, 9.17) is 4.52 Å². The van der Waals surface area contributed by atoms with Crippen LogP contribution in [0.5, 0.6) is 0 Å². The summed E-state index contributed by atoms with van der Waals surface area (Å²) in [5, 5.41) is 15.4. The minimum Gasteiger partial charge on any atom is -0.385 e. The van der Waals surface area contributed by atoms with E-state index in [0.717, 1.165) is 11.1 Å². The quantitative estimate of drug-likeness (QED) is 0.571. The highest BCUT2D eigenvalue weighted by Gasteiger charge is 2.46. The zero-order chi connectivity index (χ0) is 20.0. The van der Waals surface area contributed by atoms with Gasteiger partial charge in [0.15, 0.2) is 11.5 Å². The Morgan fingerprint density at radius 3 is 2.93 bits per heavy atom. The van der Waals surface area contributed by atoms with Gasteiger partial charge in [-0.15, -0.1) is 0 Å². The second-order valence-corrected chi connectivity index (χ2v) is 7.60. The number of fused-ring (bicyclic) bond motifs is 1. The fourth-order valence-electron chi connectivity index (χ4n) is 3.86. The van der Waals surface area contributed by atoms with E-state index in [9.17, 15) is 9.90 Å². The minimum absolute atomic E-state index is 0.0219. The first-order chi connectivity index (χ1) is 14.0. The normalized spacial score (nSPS) is 21.2. The summed E-state index contributed by atoms with van der Waals surface area (Å²) in [6.45, 7) is 2.15. The second-order valence-electron chi connectivity index (χ2n) is 7.60. The molecule has 0 bridgehead atoms. The number of aromatic nitrogens is 5. The van der Waals surface area contributed by atoms with Gasteiger partial charge >= 0.3 is 0 Å². The van der Waals surface area contributed by atoms with Crippen molar-refractivity contribution in [1.82, 2.24) is 24.7 Å². The first-order valence-electron chi connectivity index (χ1n) is 9.44. The van der Waals surface area contributed by atoms with Gasteiger partial charge in [-0.2, -0.15) is 4.98 Å². The van der Waals surface area contributed by atoms with Crippen molar-refractivity contribution in [2.75, 3.05) is 0 Å². The zero-order valence-corrected chi connectivity index (χ0v) is 15.8. The molecule has 29 heavy (non-hydrogen) atoms. The van der Waals surface area contributed by atoms with Crippen LogP contribution in [0, 0.1) is 6.92 Å². The Morgan fingerprint density at radius 1 is 1.24 bits per heavy atom. The van der Waals surface area contributed by atoms with Gasteiger partial charge in [-0.1, -0.05) is 35.0 Å². The fraction of sp³-hybridized carbons (Fsp3) is 0.286. The third-order valence-corrected chi connectivity index (χ3v) is 5.48. The minimum atomic E-state index is -0.857. The fourth-order valence-corrected chi connectivity index (χ4v) is 3.86. The number of aryl methyl sites for hydroxylation is 1. The predicted octanol–water partition coefficient (Wildman–Crippen LogP) is 2.30. The Morgan fingerprint density at radius 2 is 2.10 bits per heavy atom. The summed E-state index contributed by atoms with van der Waals surface area (Å²) in [5.74, 6) is 0.910. The molecule has 146 valence electrons. The van der Waals surface area contributed by atoms with E-state index in [2.05, 4.69) is 20.1 Å². The Balaban J connectivity index is 1.32. The van der Waals surface area contributed by atoms with Crippen LogP contribution in [0.1, 0.15) is 41.6 Å². The summed E-state index contributed by atoms with van der Waals surface area (Å²) in [7, 11) is 0. The summed E-state index contributed by atoms with van der Waals surface area (Å²) in [6, 6.07) is 11.3. The van der Waals surface area contributed by atoms with Crippen molar-refractivity contribution in [2.24, 2.45) is 0 Å². The van der Waals surface area contributed by atoms with Crippen molar-refractivity contribution < 1.29 is 9.63 Å². The molecular weight excluding hydrogens is 370 g/mol. The van der Waals surface area contributed by atoms with Gasteiger partial charge in [0.1, 0.15) is 12.9 Å². The molecule has 0 atom stereocenters. The van der Waals surface area contributed by atoms with Gasteiger partial charge in [0.25, 0.3) is 5.56 Å². The molecule has 0 saturated heterocycles. The third-order valence-electron chi connectivity index (χ3n) is 5.48. The lowest BCUT2D eigenvalue weighted by atomic mass is 9.67. The number of hydrogen-bond acceptors (Lipinski definition) is 7. The molecule has 0 radical (unpaired) electrons. The molecule has 1 N–H and O–H groups in total. The van der Waals surface area contributed by atoms with E-state index in [1.54, 1.807) is 18.3 Å². The van der Waals surface area contributed by atoms with E-state index >= 15 is 0 Å². The van der Waals surface area contributed by atoms with Crippen LogP contribution >= 0.6 is 0 Å². The van der Waals surface area contributed by atoms with Crippen molar-refractivity contribution in [2.45, 2.75) is 37.8 Å². The smallest absolute Gasteiger partial charge is 0.263 e. The van der Waals surface area contributed by atoms with Crippen LogP contribution in [0.3, 0.4) is 0 Å². The highest BCUT2D eigenvalue weighted by atomic mass is 16.5. The van der Waals surface area contributed by atoms with Gasteiger partial charge < -0.3 is 9.63 Å². The summed E-state index contributed by atoms with van der Waals surface area (Å²) in [6.07, 6.45) is 4.11. The molecule has 0 amide bonds. The number of aliphatic hydroxyl groups is 1. The molecule has 1 aliphatic rings. The Kier molecular flexibility index (Phi) is 4.02. The van der Waals surface area contributed by atoms with Crippen LogP contribution in [0.4, 0.5) is 0 Å². The molecular formula is C21H19N5O3. The maximum absolute atomic E-state index is 12.6. The molecule has 3 heterocycles. The SMILES string of the molecule is Cc1cccc(C2(O)CC(c3noc(Cn4cnc5ncccc5c4=O)n3)C2)c1. The third kappa shape index (κ3) is 3.11. The van der Waals surface area contributed by atoms with Gasteiger partial charge in [0.2, 0.25) is 5.89 Å². The largest absolute Gasteiger partial charge is 0.385 e. The van der Waals surface area contributed by atoms with Gasteiger partial charge in [0, 0.05) is 12.1 Å².